The summed E-state index contributed by atoms with van der Waals surface area (Å²) < 4.78 is 10.4. The quantitative estimate of drug-likeness (QED) is 0.656. The van der Waals surface area contributed by atoms with Crippen LogP contribution in [0.3, 0.4) is 0 Å². The van der Waals surface area contributed by atoms with Gasteiger partial charge in [0.15, 0.2) is 0 Å². The van der Waals surface area contributed by atoms with Crippen LogP contribution in [0.1, 0.15) is 11.1 Å². The maximum absolute atomic E-state index is 12.0. The van der Waals surface area contributed by atoms with E-state index in [1.807, 2.05) is 6.92 Å². The van der Waals surface area contributed by atoms with Crippen molar-refractivity contribution in [3.05, 3.63) is 53.6 Å². The number of amides is 1. The summed E-state index contributed by atoms with van der Waals surface area (Å²) >= 11 is 0. The number of rotatable bonds is 5. The van der Waals surface area contributed by atoms with E-state index in [9.17, 15) is 9.90 Å². The SMILES string of the molecule is COc1ccc(OC)c(/C=C/C(=O)Nc2cc(C)ccc2O)c1. The summed E-state index contributed by atoms with van der Waals surface area (Å²) in [6.45, 7) is 1.88. The topological polar surface area (TPSA) is 67.8 Å². The van der Waals surface area contributed by atoms with Gasteiger partial charge in [0, 0.05) is 11.6 Å². The molecular weight excluding hydrogens is 294 g/mol. The zero-order chi connectivity index (χ0) is 16.8. The van der Waals surface area contributed by atoms with Crippen molar-refractivity contribution in [1.82, 2.24) is 0 Å². The summed E-state index contributed by atoms with van der Waals surface area (Å²) in [6.07, 6.45) is 3.00. The van der Waals surface area contributed by atoms with E-state index in [-0.39, 0.29) is 11.7 Å². The van der Waals surface area contributed by atoms with Gasteiger partial charge in [0.25, 0.3) is 0 Å². The molecular formula is C18H19NO4. The highest BCUT2D eigenvalue weighted by Crippen LogP contribution is 2.26. The lowest BCUT2D eigenvalue weighted by Crippen LogP contribution is -2.08. The Balaban J connectivity index is 2.16. The molecule has 2 aromatic rings. The van der Waals surface area contributed by atoms with E-state index < -0.39 is 0 Å². The van der Waals surface area contributed by atoms with Gasteiger partial charge < -0.3 is 19.9 Å². The van der Waals surface area contributed by atoms with Crippen molar-refractivity contribution in [3.8, 4) is 17.2 Å². The van der Waals surface area contributed by atoms with Gasteiger partial charge in [-0.1, -0.05) is 6.07 Å². The maximum Gasteiger partial charge on any atom is 0.248 e. The molecule has 0 aromatic heterocycles. The van der Waals surface area contributed by atoms with Gasteiger partial charge in [-0.05, 0) is 48.9 Å². The number of methoxy groups -OCH3 is 2. The maximum atomic E-state index is 12.0. The van der Waals surface area contributed by atoms with Crippen LogP contribution in [0.4, 0.5) is 5.69 Å². The molecule has 23 heavy (non-hydrogen) atoms. The molecule has 2 rings (SSSR count). The Morgan fingerprint density at radius 2 is 1.91 bits per heavy atom. The number of hydrogen-bond donors (Lipinski definition) is 2. The Morgan fingerprint density at radius 1 is 1.13 bits per heavy atom. The van der Waals surface area contributed by atoms with Crippen LogP contribution in [0.15, 0.2) is 42.5 Å². The van der Waals surface area contributed by atoms with Crippen molar-refractivity contribution in [3.63, 3.8) is 0 Å². The molecule has 0 spiro atoms. The molecule has 0 aliphatic carbocycles. The lowest BCUT2D eigenvalue weighted by Gasteiger charge is -2.08. The second-order valence-electron chi connectivity index (χ2n) is 4.95. The number of aromatic hydroxyl groups is 1. The molecule has 5 heteroatoms. The Kier molecular flexibility index (Phi) is 5.25. The van der Waals surface area contributed by atoms with Gasteiger partial charge >= 0.3 is 0 Å². The minimum absolute atomic E-state index is 0.0244. The van der Waals surface area contributed by atoms with Crippen LogP contribution >= 0.6 is 0 Å². The number of anilines is 1. The fraction of sp³-hybridized carbons (Fsp3) is 0.167. The third-order valence-corrected chi connectivity index (χ3v) is 3.26. The number of phenolic OH excluding ortho intramolecular Hbond substituents is 1. The predicted molar refractivity (Wildman–Crippen MR) is 90.1 cm³/mol. The third-order valence-electron chi connectivity index (χ3n) is 3.26. The smallest absolute Gasteiger partial charge is 0.248 e. The van der Waals surface area contributed by atoms with Crippen molar-refractivity contribution in [1.29, 1.82) is 0 Å². The van der Waals surface area contributed by atoms with Gasteiger partial charge in [0.1, 0.15) is 17.2 Å². The van der Waals surface area contributed by atoms with Gasteiger partial charge in [-0.3, -0.25) is 4.79 Å². The molecule has 0 atom stereocenters. The molecule has 2 N–H and O–H groups in total. The number of nitrogens with one attached hydrogen (secondary N) is 1. The minimum Gasteiger partial charge on any atom is -0.506 e. The zero-order valence-corrected chi connectivity index (χ0v) is 13.3. The van der Waals surface area contributed by atoms with Crippen LogP contribution in [0, 0.1) is 6.92 Å². The molecule has 0 unspecified atom stereocenters. The summed E-state index contributed by atoms with van der Waals surface area (Å²) in [5.41, 5.74) is 2.03. The summed E-state index contributed by atoms with van der Waals surface area (Å²) in [5, 5.41) is 12.4. The standard InChI is InChI=1S/C18H19NO4/c1-12-4-7-16(20)15(10-12)19-18(21)9-5-13-11-14(22-2)6-8-17(13)23-3/h4-11,20H,1-3H3,(H,19,21)/b9-5+. The highest BCUT2D eigenvalue weighted by Gasteiger charge is 2.06. The number of ether oxygens (including phenoxy) is 2. The van der Waals surface area contributed by atoms with Crippen molar-refractivity contribution in [2.75, 3.05) is 19.5 Å². The second kappa shape index (κ2) is 7.35. The highest BCUT2D eigenvalue weighted by molar-refractivity contribution is 6.03. The minimum atomic E-state index is -0.351. The van der Waals surface area contributed by atoms with Crippen LogP contribution in [0.2, 0.25) is 0 Å². The number of carbonyl (C=O) groups excluding carboxylic acids is 1. The van der Waals surface area contributed by atoms with Gasteiger partial charge in [0.2, 0.25) is 5.91 Å². The summed E-state index contributed by atoms with van der Waals surface area (Å²) in [5.74, 6) is 0.975. The van der Waals surface area contributed by atoms with E-state index in [2.05, 4.69) is 5.32 Å². The van der Waals surface area contributed by atoms with Gasteiger partial charge in [-0.15, -0.1) is 0 Å². The molecule has 0 bridgehead atoms. The summed E-state index contributed by atoms with van der Waals surface area (Å²) in [6, 6.07) is 10.3. The summed E-state index contributed by atoms with van der Waals surface area (Å²) in [4.78, 5) is 12.0. The van der Waals surface area contributed by atoms with Crippen LogP contribution in [0.25, 0.3) is 6.08 Å². The lowest BCUT2D eigenvalue weighted by atomic mass is 10.1. The molecule has 0 aliphatic rings. The highest BCUT2D eigenvalue weighted by atomic mass is 16.5. The Labute approximate surface area is 135 Å². The number of aryl methyl sites for hydroxylation is 1. The van der Waals surface area contributed by atoms with Crippen molar-refractivity contribution in [2.24, 2.45) is 0 Å². The number of phenols is 1. The predicted octanol–water partition coefficient (Wildman–Crippen LogP) is 3.37. The first-order valence-electron chi connectivity index (χ1n) is 7.04. The molecule has 120 valence electrons. The molecule has 2 aromatic carbocycles. The van der Waals surface area contributed by atoms with Crippen LogP contribution < -0.4 is 14.8 Å². The fourth-order valence-corrected chi connectivity index (χ4v) is 2.06. The van der Waals surface area contributed by atoms with Crippen molar-refractivity contribution < 1.29 is 19.4 Å². The van der Waals surface area contributed by atoms with Gasteiger partial charge in [-0.25, -0.2) is 0 Å². The average molecular weight is 313 g/mol. The molecule has 0 saturated heterocycles. The number of hydrogen-bond acceptors (Lipinski definition) is 4. The normalized spacial score (nSPS) is 10.6. The van der Waals surface area contributed by atoms with E-state index in [0.29, 0.717) is 17.2 Å². The molecule has 5 nitrogen and oxygen atoms in total. The van der Waals surface area contributed by atoms with E-state index in [0.717, 1.165) is 11.1 Å². The lowest BCUT2D eigenvalue weighted by molar-refractivity contribution is -0.111. The van der Waals surface area contributed by atoms with E-state index >= 15 is 0 Å². The van der Waals surface area contributed by atoms with Crippen molar-refractivity contribution in [2.45, 2.75) is 6.92 Å². The zero-order valence-electron chi connectivity index (χ0n) is 13.3. The first-order valence-corrected chi connectivity index (χ1v) is 7.04. The first-order chi connectivity index (χ1) is 11.0. The average Bonchev–Trinajstić information content (AvgIpc) is 2.56. The van der Waals surface area contributed by atoms with E-state index in [1.165, 1.54) is 6.08 Å². The molecule has 0 heterocycles. The number of carbonyl (C=O) groups is 1. The van der Waals surface area contributed by atoms with Gasteiger partial charge in [-0.2, -0.15) is 0 Å². The largest absolute Gasteiger partial charge is 0.506 e. The monoisotopic (exact) mass is 313 g/mol. The van der Waals surface area contributed by atoms with Crippen LogP contribution in [0.5, 0.6) is 17.2 Å². The van der Waals surface area contributed by atoms with E-state index in [1.54, 1.807) is 56.7 Å². The number of benzene rings is 2. The Bertz CT molecular complexity index is 738. The Morgan fingerprint density at radius 3 is 2.61 bits per heavy atom. The second-order valence-corrected chi connectivity index (χ2v) is 4.95. The molecule has 0 saturated carbocycles. The third kappa shape index (κ3) is 4.26. The fourth-order valence-electron chi connectivity index (χ4n) is 2.06. The van der Waals surface area contributed by atoms with E-state index in [4.69, 9.17) is 9.47 Å². The van der Waals surface area contributed by atoms with Gasteiger partial charge in [0.05, 0.1) is 19.9 Å². The molecule has 0 radical (unpaired) electrons. The molecule has 0 aliphatic heterocycles. The Hall–Kier alpha value is -2.95. The molecule has 0 fully saturated rings. The summed E-state index contributed by atoms with van der Waals surface area (Å²) in [7, 11) is 3.13. The van der Waals surface area contributed by atoms with Crippen molar-refractivity contribution >= 4 is 17.7 Å². The van der Waals surface area contributed by atoms with Crippen LogP contribution in [-0.4, -0.2) is 25.2 Å². The van der Waals surface area contributed by atoms with Crippen LogP contribution in [-0.2, 0) is 4.79 Å². The first kappa shape index (κ1) is 16.4. The molecule has 1 amide bonds.